The molecule has 188 valence electrons. The molecule has 2 aromatic rings. The molecular weight excluding hydrogens is 449 g/mol. The van der Waals surface area contributed by atoms with Crippen LogP contribution >= 0.6 is 0 Å². The van der Waals surface area contributed by atoms with Gasteiger partial charge in [0.25, 0.3) is 0 Å². The number of carbonyl (C=O) groups is 1. The molecule has 0 aliphatic carbocycles. The minimum Gasteiger partial charge on any atom is -0.491 e. The summed E-state index contributed by atoms with van der Waals surface area (Å²) in [4.78, 5) is 16.2. The van der Waals surface area contributed by atoms with Crippen LogP contribution in [0.2, 0.25) is 0 Å². The molecule has 0 aliphatic rings. The lowest BCUT2D eigenvalue weighted by Crippen LogP contribution is -2.52. The Kier molecular flexibility index (Phi) is 7.95. The van der Waals surface area contributed by atoms with Crippen molar-refractivity contribution in [3.63, 3.8) is 0 Å². The molecule has 0 bridgehead atoms. The van der Waals surface area contributed by atoms with Crippen LogP contribution in [0.5, 0.6) is 5.75 Å². The van der Waals surface area contributed by atoms with E-state index in [2.05, 4.69) is 10.3 Å². The molecule has 0 spiro atoms. The smallest absolute Gasteiger partial charge is 0.419 e. The molecule has 10 heteroatoms. The zero-order valence-electron chi connectivity index (χ0n) is 20.3. The molecule has 0 radical (unpaired) electrons. The number of benzene rings is 1. The Labute approximate surface area is 198 Å². The second-order valence-corrected chi connectivity index (χ2v) is 9.94. The van der Waals surface area contributed by atoms with Crippen molar-refractivity contribution >= 4 is 17.6 Å². The highest BCUT2D eigenvalue weighted by atomic mass is 19.4. The van der Waals surface area contributed by atoms with E-state index in [1.54, 1.807) is 27.7 Å². The molecule has 1 amide bonds. The van der Waals surface area contributed by atoms with Gasteiger partial charge in [0, 0.05) is 11.8 Å². The number of hydrogen-bond donors (Lipinski definition) is 3. The van der Waals surface area contributed by atoms with Crippen LogP contribution in [-0.4, -0.2) is 28.8 Å². The normalized spacial score (nSPS) is 13.9. The Morgan fingerprint density at radius 1 is 1.12 bits per heavy atom. The third-order valence-corrected chi connectivity index (χ3v) is 4.82. The molecule has 2 rings (SSSR count). The summed E-state index contributed by atoms with van der Waals surface area (Å²) in [5.41, 5.74) is 9.60. The number of pyridine rings is 1. The van der Waals surface area contributed by atoms with Crippen molar-refractivity contribution in [1.29, 1.82) is 0 Å². The number of amides is 1. The number of halogens is 3. The van der Waals surface area contributed by atoms with E-state index in [4.69, 9.17) is 20.9 Å². The van der Waals surface area contributed by atoms with Crippen molar-refractivity contribution in [2.24, 2.45) is 5.92 Å². The molecule has 34 heavy (non-hydrogen) atoms. The lowest BCUT2D eigenvalue weighted by Gasteiger charge is -2.33. The third kappa shape index (κ3) is 7.43. The zero-order chi connectivity index (χ0) is 25.9. The SMILES string of the molecule is CC(C)C[C@@](C)(COc1ccc(-c2ccnc(N)c2N)cc1C(F)(F)F)NC(=O)OC(C)(C)C. The highest BCUT2D eigenvalue weighted by Gasteiger charge is 2.37. The van der Waals surface area contributed by atoms with Crippen LogP contribution in [-0.2, 0) is 10.9 Å². The fraction of sp³-hybridized carbons (Fsp3) is 0.500. The Balaban J connectivity index is 2.36. The van der Waals surface area contributed by atoms with Crippen molar-refractivity contribution in [3.8, 4) is 16.9 Å². The van der Waals surface area contributed by atoms with Gasteiger partial charge < -0.3 is 26.3 Å². The van der Waals surface area contributed by atoms with Crippen LogP contribution in [0.15, 0.2) is 30.5 Å². The van der Waals surface area contributed by atoms with Gasteiger partial charge in [-0.2, -0.15) is 13.2 Å². The second kappa shape index (κ2) is 9.99. The lowest BCUT2D eigenvalue weighted by atomic mass is 9.91. The molecule has 1 aromatic heterocycles. The summed E-state index contributed by atoms with van der Waals surface area (Å²) in [5, 5.41) is 2.76. The van der Waals surface area contributed by atoms with Gasteiger partial charge in [-0.1, -0.05) is 19.9 Å². The Morgan fingerprint density at radius 2 is 1.76 bits per heavy atom. The quantitative estimate of drug-likeness (QED) is 0.471. The Bertz CT molecular complexity index is 1020. The van der Waals surface area contributed by atoms with E-state index in [1.807, 2.05) is 13.8 Å². The number of aromatic nitrogens is 1. The molecular formula is C24H33F3N4O3. The number of hydrogen-bond acceptors (Lipinski definition) is 6. The minimum absolute atomic E-state index is 0.0315. The molecule has 1 atom stereocenters. The summed E-state index contributed by atoms with van der Waals surface area (Å²) >= 11 is 0. The van der Waals surface area contributed by atoms with Crippen molar-refractivity contribution in [2.45, 2.75) is 65.3 Å². The van der Waals surface area contributed by atoms with Gasteiger partial charge in [-0.3, -0.25) is 0 Å². The number of nitrogens with one attached hydrogen (secondary N) is 1. The summed E-state index contributed by atoms with van der Waals surface area (Å²) < 4.78 is 52.7. The summed E-state index contributed by atoms with van der Waals surface area (Å²) in [6, 6.07) is 5.15. The highest BCUT2D eigenvalue weighted by molar-refractivity contribution is 5.82. The zero-order valence-corrected chi connectivity index (χ0v) is 20.3. The fourth-order valence-corrected chi connectivity index (χ4v) is 3.62. The summed E-state index contributed by atoms with van der Waals surface area (Å²) in [6.07, 6.45) is -3.53. The molecule has 0 unspecified atom stereocenters. The molecule has 1 aromatic carbocycles. The van der Waals surface area contributed by atoms with Crippen LogP contribution in [0, 0.1) is 5.92 Å². The second-order valence-electron chi connectivity index (χ2n) is 9.94. The van der Waals surface area contributed by atoms with Crippen LogP contribution in [0.4, 0.5) is 29.5 Å². The lowest BCUT2D eigenvalue weighted by molar-refractivity contribution is -0.139. The average molecular weight is 483 g/mol. The number of rotatable bonds is 7. The standard InChI is InChI=1S/C24H33F3N4O3/c1-14(2)12-23(6,31-21(32)34-22(3,4)5)13-33-18-8-7-15(11-17(18)24(25,26)27)16-9-10-30-20(29)19(16)28/h7-11,14H,12-13,28H2,1-6H3,(H2,29,30)(H,31,32)/t23-/m0/s1. The first-order valence-corrected chi connectivity index (χ1v) is 10.9. The maximum Gasteiger partial charge on any atom is 0.419 e. The van der Waals surface area contributed by atoms with Gasteiger partial charge in [0.15, 0.2) is 0 Å². The van der Waals surface area contributed by atoms with E-state index in [1.165, 1.54) is 24.4 Å². The van der Waals surface area contributed by atoms with Gasteiger partial charge in [0.2, 0.25) is 0 Å². The van der Waals surface area contributed by atoms with Crippen LogP contribution in [0.1, 0.15) is 53.5 Å². The van der Waals surface area contributed by atoms with E-state index in [0.29, 0.717) is 12.0 Å². The maximum absolute atomic E-state index is 13.9. The molecule has 0 saturated heterocycles. The van der Waals surface area contributed by atoms with Crippen molar-refractivity contribution in [3.05, 3.63) is 36.0 Å². The van der Waals surface area contributed by atoms with Gasteiger partial charge in [-0.05, 0) is 63.8 Å². The van der Waals surface area contributed by atoms with E-state index in [9.17, 15) is 18.0 Å². The maximum atomic E-state index is 13.9. The summed E-state index contributed by atoms with van der Waals surface area (Å²) in [5.74, 6) is -0.199. The highest BCUT2D eigenvalue weighted by Crippen LogP contribution is 2.40. The van der Waals surface area contributed by atoms with E-state index in [-0.39, 0.29) is 35.3 Å². The minimum atomic E-state index is -4.69. The first kappa shape index (κ1) is 27.1. The largest absolute Gasteiger partial charge is 0.491 e. The topological polar surface area (TPSA) is 112 Å². The van der Waals surface area contributed by atoms with Crippen molar-refractivity contribution in [1.82, 2.24) is 10.3 Å². The number of anilines is 2. The van der Waals surface area contributed by atoms with Crippen molar-refractivity contribution in [2.75, 3.05) is 18.1 Å². The van der Waals surface area contributed by atoms with E-state index < -0.39 is 29.0 Å². The van der Waals surface area contributed by atoms with Crippen molar-refractivity contribution < 1.29 is 27.4 Å². The number of ether oxygens (including phenoxy) is 2. The van der Waals surface area contributed by atoms with E-state index in [0.717, 1.165) is 6.07 Å². The number of alkyl carbamates (subject to hydrolysis) is 1. The molecule has 0 saturated carbocycles. The first-order valence-electron chi connectivity index (χ1n) is 10.9. The molecule has 0 fully saturated rings. The summed E-state index contributed by atoms with van der Waals surface area (Å²) in [7, 11) is 0. The van der Waals surface area contributed by atoms with Crippen LogP contribution in [0.25, 0.3) is 11.1 Å². The molecule has 5 N–H and O–H groups in total. The number of alkyl halides is 3. The number of carbonyl (C=O) groups excluding carboxylic acids is 1. The predicted octanol–water partition coefficient (Wildman–Crippen LogP) is 5.64. The number of nitrogens with two attached hydrogens (primary N) is 2. The Morgan fingerprint density at radius 3 is 2.32 bits per heavy atom. The molecule has 0 aliphatic heterocycles. The first-order chi connectivity index (χ1) is 15.5. The molecule has 1 heterocycles. The van der Waals surface area contributed by atoms with Crippen LogP contribution < -0.4 is 21.5 Å². The van der Waals surface area contributed by atoms with Crippen LogP contribution in [0.3, 0.4) is 0 Å². The van der Waals surface area contributed by atoms with Gasteiger partial charge >= 0.3 is 12.3 Å². The van der Waals surface area contributed by atoms with E-state index >= 15 is 0 Å². The van der Waals surface area contributed by atoms with Gasteiger partial charge in [-0.25, -0.2) is 9.78 Å². The predicted molar refractivity (Wildman–Crippen MR) is 126 cm³/mol. The van der Waals surface area contributed by atoms with Gasteiger partial charge in [0.05, 0.1) is 16.8 Å². The average Bonchev–Trinajstić information content (AvgIpc) is 2.65. The third-order valence-electron chi connectivity index (χ3n) is 4.82. The van der Waals surface area contributed by atoms with Gasteiger partial charge in [0.1, 0.15) is 23.8 Å². The number of nitrogen functional groups attached to an aromatic ring is 2. The van der Waals surface area contributed by atoms with Gasteiger partial charge in [-0.15, -0.1) is 0 Å². The number of nitrogens with zero attached hydrogens (tertiary/aromatic N) is 1. The fourth-order valence-electron chi connectivity index (χ4n) is 3.62. The Hall–Kier alpha value is -3.17. The monoisotopic (exact) mass is 482 g/mol. The summed E-state index contributed by atoms with van der Waals surface area (Å²) in [6.45, 7) is 10.6. The molecule has 7 nitrogen and oxygen atoms in total.